The van der Waals surface area contributed by atoms with Crippen molar-refractivity contribution in [3.63, 3.8) is 0 Å². The third-order valence-electron chi connectivity index (χ3n) is 1.83. The second-order valence-corrected chi connectivity index (χ2v) is 2.64. The van der Waals surface area contributed by atoms with Crippen LogP contribution in [0.1, 0.15) is 32.1 Å². The molecule has 0 spiro atoms. The molecule has 0 bridgehead atoms. The fourth-order valence-electron chi connectivity index (χ4n) is 1.28. The highest BCUT2D eigenvalue weighted by Gasteiger charge is 2.02. The Morgan fingerprint density at radius 2 is 1.90 bits per heavy atom. The summed E-state index contributed by atoms with van der Waals surface area (Å²) in [5.41, 5.74) is 4.52. The molecule has 1 saturated carbocycles. The van der Waals surface area contributed by atoms with Gasteiger partial charge in [-0.25, -0.2) is 0 Å². The lowest BCUT2D eigenvalue weighted by Crippen LogP contribution is -1.91. The van der Waals surface area contributed by atoms with Crippen molar-refractivity contribution in [3.8, 4) is 0 Å². The van der Waals surface area contributed by atoms with Crippen LogP contribution < -0.4 is 0 Å². The normalized spacial score (nSPS) is 17.8. The van der Waals surface area contributed by atoms with Gasteiger partial charge in [0.1, 0.15) is 0 Å². The van der Waals surface area contributed by atoms with E-state index in [1.54, 1.807) is 6.08 Å². The molecular formula is C9H13N. The maximum atomic E-state index is 6.76. The Labute approximate surface area is 62.0 Å². The van der Waals surface area contributed by atoms with Crippen LogP contribution in [0.5, 0.6) is 0 Å². The van der Waals surface area contributed by atoms with Crippen molar-refractivity contribution in [3.05, 3.63) is 17.4 Å². The van der Waals surface area contributed by atoms with Crippen molar-refractivity contribution >= 4 is 6.21 Å². The maximum Gasteiger partial charge on any atom is 0.0254 e. The van der Waals surface area contributed by atoms with E-state index < -0.39 is 0 Å². The van der Waals surface area contributed by atoms with Gasteiger partial charge in [0.25, 0.3) is 0 Å². The van der Waals surface area contributed by atoms with Crippen molar-refractivity contribution in [2.24, 2.45) is 0 Å². The molecule has 0 heterocycles. The zero-order valence-corrected chi connectivity index (χ0v) is 6.19. The Balaban J connectivity index is 2.52. The molecule has 1 heteroatoms. The van der Waals surface area contributed by atoms with Crippen LogP contribution in [-0.2, 0) is 0 Å². The summed E-state index contributed by atoms with van der Waals surface area (Å²) in [6.45, 7) is 0. The molecule has 0 aromatic rings. The lowest BCUT2D eigenvalue weighted by molar-refractivity contribution is 0.600. The van der Waals surface area contributed by atoms with Crippen LogP contribution in [0.3, 0.4) is 0 Å². The Kier molecular flexibility index (Phi) is 2.98. The molecule has 0 aliphatic heterocycles. The predicted octanol–water partition coefficient (Wildman–Crippen LogP) is 2.68. The van der Waals surface area contributed by atoms with Crippen LogP contribution in [0, 0.1) is 5.41 Å². The van der Waals surface area contributed by atoms with Gasteiger partial charge >= 0.3 is 0 Å². The molecule has 0 atom stereocenters. The lowest BCUT2D eigenvalue weighted by Gasteiger charge is -2.09. The Morgan fingerprint density at radius 3 is 2.50 bits per heavy atom. The molecule has 0 unspecified atom stereocenters. The van der Waals surface area contributed by atoms with E-state index in [1.807, 2.05) is 0 Å². The predicted molar refractivity (Wildman–Crippen MR) is 43.5 cm³/mol. The van der Waals surface area contributed by atoms with Gasteiger partial charge in [-0.3, -0.25) is 0 Å². The summed E-state index contributed by atoms with van der Waals surface area (Å²) >= 11 is 0. The number of allylic oxidation sites excluding steroid dienone is 1. The number of hydrogen-bond acceptors (Lipinski definition) is 1. The van der Waals surface area contributed by atoms with Crippen molar-refractivity contribution in [1.29, 1.82) is 5.41 Å². The number of nitrogens with one attached hydrogen (secondary N) is 1. The molecule has 54 valence electrons. The van der Waals surface area contributed by atoms with Gasteiger partial charge in [0.15, 0.2) is 0 Å². The summed E-state index contributed by atoms with van der Waals surface area (Å²) in [6.07, 6.45) is 9.38. The first-order valence-corrected chi connectivity index (χ1v) is 3.87. The van der Waals surface area contributed by atoms with Gasteiger partial charge < -0.3 is 5.41 Å². The standard InChI is InChI=1S/C9H13N/c10-8-4-7-9-5-2-1-3-6-9/h4,8,10H,1-3,5-6H2. The fourth-order valence-corrected chi connectivity index (χ4v) is 1.28. The van der Waals surface area contributed by atoms with Crippen LogP contribution in [0.2, 0.25) is 0 Å². The highest BCUT2D eigenvalue weighted by Crippen LogP contribution is 2.21. The van der Waals surface area contributed by atoms with E-state index in [4.69, 9.17) is 5.41 Å². The average molecular weight is 135 g/mol. The SMILES string of the molecule is N=CC=C=C1CCCCC1. The van der Waals surface area contributed by atoms with Gasteiger partial charge in [-0.05, 0) is 37.3 Å². The summed E-state index contributed by atoms with van der Waals surface area (Å²) in [5.74, 6) is 0. The average Bonchev–Trinajstić information content (AvgIpc) is 2.03. The Hall–Kier alpha value is -0.810. The molecule has 1 aliphatic rings. The van der Waals surface area contributed by atoms with Crippen molar-refractivity contribution in [1.82, 2.24) is 0 Å². The molecule has 10 heavy (non-hydrogen) atoms. The highest BCUT2D eigenvalue weighted by atomic mass is 14.3. The van der Waals surface area contributed by atoms with Crippen LogP contribution in [-0.4, -0.2) is 6.21 Å². The zero-order valence-electron chi connectivity index (χ0n) is 6.19. The van der Waals surface area contributed by atoms with E-state index in [0.717, 1.165) is 0 Å². The summed E-state index contributed by atoms with van der Waals surface area (Å²) in [4.78, 5) is 0. The minimum Gasteiger partial charge on any atom is -0.308 e. The van der Waals surface area contributed by atoms with Crippen LogP contribution >= 0.6 is 0 Å². The summed E-state index contributed by atoms with van der Waals surface area (Å²) in [6, 6.07) is 0. The van der Waals surface area contributed by atoms with Crippen molar-refractivity contribution in [2.75, 3.05) is 0 Å². The molecule has 1 nitrogen and oxygen atoms in total. The lowest BCUT2D eigenvalue weighted by atomic mass is 9.96. The molecule has 0 radical (unpaired) electrons. The van der Waals surface area contributed by atoms with E-state index in [9.17, 15) is 0 Å². The van der Waals surface area contributed by atoms with Gasteiger partial charge in [0, 0.05) is 6.21 Å². The molecule has 0 aromatic carbocycles. The quantitative estimate of drug-likeness (QED) is 0.422. The fraction of sp³-hybridized carbons (Fsp3) is 0.556. The number of hydrogen-bond donors (Lipinski definition) is 1. The first-order chi connectivity index (χ1) is 4.93. The van der Waals surface area contributed by atoms with Gasteiger partial charge in [-0.1, -0.05) is 6.42 Å². The second kappa shape index (κ2) is 4.08. The number of rotatable bonds is 1. The third-order valence-corrected chi connectivity index (χ3v) is 1.83. The van der Waals surface area contributed by atoms with Gasteiger partial charge in [-0.2, -0.15) is 0 Å². The third kappa shape index (κ3) is 2.20. The zero-order chi connectivity index (χ0) is 7.23. The molecule has 1 fully saturated rings. The topological polar surface area (TPSA) is 23.9 Å². The minimum atomic E-state index is 1.20. The highest BCUT2D eigenvalue weighted by molar-refractivity contribution is 5.67. The summed E-state index contributed by atoms with van der Waals surface area (Å²) in [7, 11) is 0. The van der Waals surface area contributed by atoms with Gasteiger partial charge in [0.05, 0.1) is 0 Å². The molecule has 0 saturated heterocycles. The summed E-state index contributed by atoms with van der Waals surface area (Å²) in [5, 5.41) is 6.76. The van der Waals surface area contributed by atoms with Crippen molar-refractivity contribution < 1.29 is 0 Å². The minimum absolute atomic E-state index is 1.20. The molecule has 0 aromatic heterocycles. The van der Waals surface area contributed by atoms with Crippen LogP contribution in [0.4, 0.5) is 0 Å². The largest absolute Gasteiger partial charge is 0.308 e. The molecule has 1 N–H and O–H groups in total. The van der Waals surface area contributed by atoms with E-state index in [1.165, 1.54) is 43.9 Å². The molecule has 1 aliphatic carbocycles. The first kappa shape index (κ1) is 7.30. The van der Waals surface area contributed by atoms with Crippen LogP contribution in [0.15, 0.2) is 17.4 Å². The van der Waals surface area contributed by atoms with E-state index >= 15 is 0 Å². The molecule has 0 amide bonds. The monoisotopic (exact) mass is 135 g/mol. The van der Waals surface area contributed by atoms with Gasteiger partial charge in [0.2, 0.25) is 0 Å². The summed E-state index contributed by atoms with van der Waals surface area (Å²) < 4.78 is 0. The van der Waals surface area contributed by atoms with E-state index in [0.29, 0.717) is 0 Å². The second-order valence-electron chi connectivity index (χ2n) is 2.64. The van der Waals surface area contributed by atoms with E-state index in [2.05, 4.69) is 5.73 Å². The smallest absolute Gasteiger partial charge is 0.0254 e. The first-order valence-electron chi connectivity index (χ1n) is 3.87. The maximum absolute atomic E-state index is 6.76. The Morgan fingerprint density at radius 1 is 1.20 bits per heavy atom. The van der Waals surface area contributed by atoms with Gasteiger partial charge in [-0.15, -0.1) is 5.73 Å². The van der Waals surface area contributed by atoms with E-state index in [-0.39, 0.29) is 0 Å². The van der Waals surface area contributed by atoms with Crippen LogP contribution in [0.25, 0.3) is 0 Å². The molecule has 1 rings (SSSR count). The van der Waals surface area contributed by atoms with Crippen molar-refractivity contribution in [2.45, 2.75) is 32.1 Å². The Bertz CT molecular complexity index is 165. The molecular weight excluding hydrogens is 122 g/mol.